The Morgan fingerprint density at radius 1 is 1.40 bits per heavy atom. The van der Waals surface area contributed by atoms with Gasteiger partial charge < -0.3 is 10.2 Å². The summed E-state index contributed by atoms with van der Waals surface area (Å²) in [6.07, 6.45) is -0.883. The largest absolute Gasteiger partial charge is 0.508 e. The molecule has 0 aliphatic heterocycles. The second-order valence-corrected chi connectivity index (χ2v) is 2.83. The Morgan fingerprint density at radius 2 is 1.93 bits per heavy atom. The Balaban J connectivity index is 0.00000196. The van der Waals surface area contributed by atoms with E-state index in [9.17, 15) is 4.79 Å². The van der Waals surface area contributed by atoms with Gasteiger partial charge in [-0.1, -0.05) is 12.1 Å². The van der Waals surface area contributed by atoms with Gasteiger partial charge in [-0.25, -0.2) is 10.7 Å². The van der Waals surface area contributed by atoms with Crippen molar-refractivity contribution >= 4 is 23.0 Å². The molecule has 1 unspecified atom stereocenters. The molecule has 0 radical (unpaired) electrons. The maximum atomic E-state index is 10.5. The quantitative estimate of drug-likeness (QED) is 0.710. The Morgan fingerprint density at radius 3 is 2.33 bits per heavy atom. The molecular weight excluding hydrogens is 266 g/mol. The number of carboxylic acids is 1. The third kappa shape index (κ3) is 4.28. The van der Waals surface area contributed by atoms with Crippen LogP contribution in [0.25, 0.3) is 0 Å². The van der Waals surface area contributed by atoms with Crippen molar-refractivity contribution in [3.8, 4) is 5.75 Å². The van der Waals surface area contributed by atoms with Crippen molar-refractivity contribution in [2.75, 3.05) is 0 Å². The van der Waals surface area contributed by atoms with Gasteiger partial charge in [-0.2, -0.15) is 0 Å². The fraction of sp³-hybridized carbons (Fsp3) is 0.222. The van der Waals surface area contributed by atoms with Gasteiger partial charge in [-0.15, -0.1) is 17.0 Å². The Hall–Kier alpha value is -1.11. The molecular formula is C9H12BrNO4. The Bertz CT molecular complexity index is 314. The summed E-state index contributed by atoms with van der Waals surface area (Å²) in [6, 6.07) is 6.18. The van der Waals surface area contributed by atoms with Crippen LogP contribution in [0.2, 0.25) is 0 Å². The van der Waals surface area contributed by atoms with Crippen LogP contribution in [0.1, 0.15) is 5.56 Å². The summed E-state index contributed by atoms with van der Waals surface area (Å²) < 4.78 is 0. The van der Waals surface area contributed by atoms with E-state index in [1.54, 1.807) is 12.1 Å². The number of carbonyl (C=O) groups is 1. The predicted molar refractivity (Wildman–Crippen MR) is 58.8 cm³/mol. The number of rotatable bonds is 4. The Kier molecular flexibility index (Phi) is 5.92. The molecule has 0 heterocycles. The summed E-state index contributed by atoms with van der Waals surface area (Å²) in [7, 11) is 0. The highest BCUT2D eigenvalue weighted by atomic mass is 79.9. The Labute approximate surface area is 97.2 Å². The summed E-state index contributed by atoms with van der Waals surface area (Å²) in [5.41, 5.74) is 0.737. The van der Waals surface area contributed by atoms with E-state index in [-0.39, 0.29) is 29.2 Å². The van der Waals surface area contributed by atoms with Crippen molar-refractivity contribution in [2.45, 2.75) is 12.5 Å². The minimum atomic E-state index is -1.11. The monoisotopic (exact) mass is 277 g/mol. The van der Waals surface area contributed by atoms with Crippen LogP contribution in [-0.2, 0) is 16.1 Å². The van der Waals surface area contributed by atoms with Crippen molar-refractivity contribution in [1.82, 2.24) is 0 Å². The van der Waals surface area contributed by atoms with Gasteiger partial charge in [0.15, 0.2) is 6.10 Å². The lowest BCUT2D eigenvalue weighted by Gasteiger charge is -2.08. The third-order valence-corrected chi connectivity index (χ3v) is 1.80. The molecule has 84 valence electrons. The summed E-state index contributed by atoms with van der Waals surface area (Å²) in [5.74, 6) is 3.84. The summed E-state index contributed by atoms with van der Waals surface area (Å²) in [5, 5.41) is 17.6. The van der Waals surface area contributed by atoms with Crippen molar-refractivity contribution in [3.05, 3.63) is 29.8 Å². The smallest absolute Gasteiger partial charge is 0.335 e. The first kappa shape index (κ1) is 13.9. The number of hydrogen-bond acceptors (Lipinski definition) is 4. The first-order chi connectivity index (χ1) is 6.63. The van der Waals surface area contributed by atoms with Gasteiger partial charge in [0, 0.05) is 6.42 Å². The SMILES string of the molecule is Br.NOC(Cc1ccc(O)cc1)C(=O)O. The van der Waals surface area contributed by atoms with Crippen LogP contribution in [0.15, 0.2) is 24.3 Å². The van der Waals surface area contributed by atoms with Crippen molar-refractivity contribution in [2.24, 2.45) is 5.90 Å². The fourth-order valence-electron chi connectivity index (χ4n) is 1.04. The van der Waals surface area contributed by atoms with Gasteiger partial charge >= 0.3 is 5.97 Å². The highest BCUT2D eigenvalue weighted by Gasteiger charge is 2.17. The van der Waals surface area contributed by atoms with Gasteiger partial charge in [0.05, 0.1) is 0 Å². The van der Waals surface area contributed by atoms with Gasteiger partial charge in [-0.05, 0) is 17.7 Å². The van der Waals surface area contributed by atoms with Crippen molar-refractivity contribution in [3.63, 3.8) is 0 Å². The first-order valence-corrected chi connectivity index (χ1v) is 3.99. The standard InChI is InChI=1S/C9H11NO4.BrH/c10-14-8(9(12)13)5-6-1-3-7(11)4-2-6;/h1-4,8,11H,5,10H2,(H,12,13);1H. The lowest BCUT2D eigenvalue weighted by atomic mass is 10.1. The predicted octanol–water partition coefficient (Wildman–Crippen LogP) is 0.856. The van der Waals surface area contributed by atoms with E-state index in [0.717, 1.165) is 5.56 Å². The van der Waals surface area contributed by atoms with Crippen LogP contribution in [0, 0.1) is 0 Å². The molecule has 6 heteroatoms. The maximum absolute atomic E-state index is 10.5. The maximum Gasteiger partial charge on any atom is 0.335 e. The summed E-state index contributed by atoms with van der Waals surface area (Å²) in [6.45, 7) is 0. The molecule has 0 spiro atoms. The minimum Gasteiger partial charge on any atom is -0.508 e. The highest BCUT2D eigenvalue weighted by molar-refractivity contribution is 8.93. The normalized spacial score (nSPS) is 11.5. The lowest BCUT2D eigenvalue weighted by molar-refractivity contribution is -0.150. The van der Waals surface area contributed by atoms with Crippen LogP contribution in [0.3, 0.4) is 0 Å². The molecule has 1 rings (SSSR count). The molecule has 1 aromatic rings. The van der Waals surface area contributed by atoms with Crippen LogP contribution in [0.5, 0.6) is 5.75 Å². The molecule has 1 atom stereocenters. The van der Waals surface area contributed by atoms with Crippen LogP contribution in [-0.4, -0.2) is 22.3 Å². The third-order valence-electron chi connectivity index (χ3n) is 1.80. The van der Waals surface area contributed by atoms with E-state index >= 15 is 0 Å². The van der Waals surface area contributed by atoms with E-state index < -0.39 is 12.1 Å². The van der Waals surface area contributed by atoms with Crippen LogP contribution >= 0.6 is 17.0 Å². The number of aromatic hydroxyl groups is 1. The molecule has 0 saturated carbocycles. The number of aliphatic carboxylic acids is 1. The van der Waals surface area contributed by atoms with Gasteiger partial charge in [-0.3, -0.25) is 4.84 Å². The van der Waals surface area contributed by atoms with Crippen molar-refractivity contribution < 1.29 is 19.8 Å². The van der Waals surface area contributed by atoms with Gasteiger partial charge in [0.2, 0.25) is 0 Å². The number of halogens is 1. The van der Waals surface area contributed by atoms with E-state index in [1.165, 1.54) is 12.1 Å². The lowest BCUT2D eigenvalue weighted by Crippen LogP contribution is -2.29. The number of phenolic OH excluding ortho intramolecular Hbond substituents is 1. The number of hydrogen-bond donors (Lipinski definition) is 3. The highest BCUT2D eigenvalue weighted by Crippen LogP contribution is 2.11. The fourth-order valence-corrected chi connectivity index (χ4v) is 1.04. The molecule has 0 saturated heterocycles. The zero-order valence-corrected chi connectivity index (χ0v) is 9.50. The molecule has 0 bridgehead atoms. The molecule has 15 heavy (non-hydrogen) atoms. The molecule has 4 N–H and O–H groups in total. The number of carboxylic acid groups (broad SMARTS) is 1. The molecule has 5 nitrogen and oxygen atoms in total. The average molecular weight is 278 g/mol. The van der Waals surface area contributed by atoms with E-state index in [1.807, 2.05) is 0 Å². The van der Waals surface area contributed by atoms with Gasteiger partial charge in [0.1, 0.15) is 5.75 Å². The van der Waals surface area contributed by atoms with E-state index in [4.69, 9.17) is 16.1 Å². The zero-order chi connectivity index (χ0) is 10.6. The van der Waals surface area contributed by atoms with E-state index in [2.05, 4.69) is 4.84 Å². The van der Waals surface area contributed by atoms with E-state index in [0.29, 0.717) is 0 Å². The summed E-state index contributed by atoms with van der Waals surface area (Å²) >= 11 is 0. The first-order valence-electron chi connectivity index (χ1n) is 3.99. The second-order valence-electron chi connectivity index (χ2n) is 2.83. The summed E-state index contributed by atoms with van der Waals surface area (Å²) in [4.78, 5) is 14.8. The number of nitrogens with two attached hydrogens (primary N) is 1. The molecule has 0 fully saturated rings. The topological polar surface area (TPSA) is 92.8 Å². The average Bonchev–Trinajstić information content (AvgIpc) is 2.16. The molecule has 0 aromatic heterocycles. The van der Waals surface area contributed by atoms with Crippen LogP contribution in [0.4, 0.5) is 0 Å². The number of benzene rings is 1. The number of phenols is 1. The molecule has 1 aromatic carbocycles. The molecule has 0 aliphatic carbocycles. The molecule has 0 amide bonds. The minimum absolute atomic E-state index is 0. The van der Waals surface area contributed by atoms with Gasteiger partial charge in [0.25, 0.3) is 0 Å². The zero-order valence-electron chi connectivity index (χ0n) is 7.79. The van der Waals surface area contributed by atoms with Crippen molar-refractivity contribution in [1.29, 1.82) is 0 Å². The second kappa shape index (κ2) is 6.39. The van der Waals surface area contributed by atoms with Crippen LogP contribution < -0.4 is 5.90 Å². The molecule has 0 aliphatic rings.